The van der Waals surface area contributed by atoms with Crippen LogP contribution in [0.25, 0.3) is 5.69 Å². The highest BCUT2D eigenvalue weighted by atomic mass is 32.2. The number of aromatic carboxylic acids is 1. The van der Waals surface area contributed by atoms with Crippen LogP contribution in [-0.2, 0) is 14.8 Å². The van der Waals surface area contributed by atoms with E-state index in [1.54, 1.807) is 37.4 Å². The highest BCUT2D eigenvalue weighted by Gasteiger charge is 2.16. The van der Waals surface area contributed by atoms with Crippen LogP contribution in [0.5, 0.6) is 0 Å². The summed E-state index contributed by atoms with van der Waals surface area (Å²) in [5.41, 5.74) is 2.29. The maximum atomic E-state index is 12.6. The molecule has 150 valence electrons. The van der Waals surface area contributed by atoms with Crippen LogP contribution >= 0.6 is 0 Å². The van der Waals surface area contributed by atoms with Gasteiger partial charge >= 0.3 is 5.97 Å². The van der Waals surface area contributed by atoms with Gasteiger partial charge in [0.1, 0.15) is 5.69 Å². The monoisotopic (exact) mass is 413 g/mol. The molecule has 0 fully saturated rings. The number of nitrogens with zero attached hydrogens (tertiary/aromatic N) is 1. The Morgan fingerprint density at radius 1 is 1.00 bits per heavy atom. The summed E-state index contributed by atoms with van der Waals surface area (Å²) >= 11 is 0. The minimum atomic E-state index is -3.83. The van der Waals surface area contributed by atoms with Gasteiger partial charge in [0.2, 0.25) is 5.91 Å². The largest absolute Gasteiger partial charge is 0.477 e. The second-order valence-electron chi connectivity index (χ2n) is 6.38. The number of carbonyl (C=O) groups is 2. The Bertz CT molecular complexity index is 1180. The average Bonchev–Trinajstić information content (AvgIpc) is 3.11. The number of nitrogens with one attached hydrogen (secondary N) is 2. The first-order valence-electron chi connectivity index (χ1n) is 8.59. The molecule has 0 aliphatic rings. The van der Waals surface area contributed by atoms with Crippen molar-refractivity contribution in [3.8, 4) is 5.69 Å². The van der Waals surface area contributed by atoms with Crippen molar-refractivity contribution < 1.29 is 23.1 Å². The normalized spacial score (nSPS) is 11.1. The number of aryl methyl sites for hydroxylation is 1. The Labute approximate surface area is 167 Å². The predicted octanol–water partition coefficient (Wildman–Crippen LogP) is 3.24. The van der Waals surface area contributed by atoms with Gasteiger partial charge in [0.15, 0.2) is 0 Å². The number of hydrogen-bond donors (Lipinski definition) is 3. The average molecular weight is 413 g/mol. The fourth-order valence-electron chi connectivity index (χ4n) is 2.89. The molecule has 3 rings (SSSR count). The third-order valence-electron chi connectivity index (χ3n) is 4.16. The van der Waals surface area contributed by atoms with Gasteiger partial charge in [0, 0.05) is 30.2 Å². The minimum absolute atomic E-state index is 0.0481. The molecule has 3 N–H and O–H groups in total. The fraction of sp³-hybridized carbons (Fsp3) is 0.100. The van der Waals surface area contributed by atoms with Gasteiger partial charge in [-0.3, -0.25) is 9.52 Å². The maximum Gasteiger partial charge on any atom is 0.352 e. The lowest BCUT2D eigenvalue weighted by Gasteiger charge is -2.13. The number of carboxylic acid groups (broad SMARTS) is 1. The molecule has 1 aromatic heterocycles. The van der Waals surface area contributed by atoms with E-state index in [-0.39, 0.29) is 16.5 Å². The zero-order valence-corrected chi connectivity index (χ0v) is 16.5. The molecule has 0 saturated heterocycles. The Kier molecular flexibility index (Phi) is 5.42. The van der Waals surface area contributed by atoms with Crippen LogP contribution in [0.3, 0.4) is 0 Å². The Balaban J connectivity index is 1.84. The molecule has 0 bridgehead atoms. The lowest BCUT2D eigenvalue weighted by Crippen LogP contribution is -2.14. The van der Waals surface area contributed by atoms with Crippen LogP contribution in [0.4, 0.5) is 11.4 Å². The van der Waals surface area contributed by atoms with Crippen LogP contribution in [0.15, 0.2) is 65.7 Å². The first kappa shape index (κ1) is 20.2. The third kappa shape index (κ3) is 4.46. The zero-order valence-electron chi connectivity index (χ0n) is 15.7. The first-order valence-corrected chi connectivity index (χ1v) is 10.1. The number of benzene rings is 2. The van der Waals surface area contributed by atoms with E-state index in [0.717, 1.165) is 0 Å². The molecule has 0 radical (unpaired) electrons. The molecular weight excluding hydrogens is 394 g/mol. The number of anilines is 2. The summed E-state index contributed by atoms with van der Waals surface area (Å²) in [7, 11) is -3.83. The van der Waals surface area contributed by atoms with Crippen molar-refractivity contribution in [2.45, 2.75) is 18.7 Å². The lowest BCUT2D eigenvalue weighted by molar-refractivity contribution is -0.114. The topological polar surface area (TPSA) is 117 Å². The number of carboxylic acids is 1. The van der Waals surface area contributed by atoms with Crippen molar-refractivity contribution in [3.05, 3.63) is 72.1 Å². The number of rotatable bonds is 6. The molecule has 29 heavy (non-hydrogen) atoms. The molecule has 8 nitrogen and oxygen atoms in total. The SMILES string of the molecule is CC(=O)Nc1ccc(S(=O)(=O)Nc2ccc(-n3cccc3C(=O)O)c(C)c2)cc1. The summed E-state index contributed by atoms with van der Waals surface area (Å²) in [4.78, 5) is 22.4. The molecule has 0 saturated carbocycles. The van der Waals surface area contributed by atoms with Gasteiger partial charge in [0.05, 0.1) is 4.90 Å². The molecule has 0 atom stereocenters. The van der Waals surface area contributed by atoms with Gasteiger partial charge in [-0.05, 0) is 67.1 Å². The van der Waals surface area contributed by atoms with E-state index in [0.29, 0.717) is 22.6 Å². The smallest absolute Gasteiger partial charge is 0.352 e. The van der Waals surface area contributed by atoms with Crippen LogP contribution in [0, 0.1) is 6.92 Å². The van der Waals surface area contributed by atoms with Gasteiger partial charge in [-0.15, -0.1) is 0 Å². The second kappa shape index (κ2) is 7.80. The number of hydrogen-bond acceptors (Lipinski definition) is 4. The van der Waals surface area contributed by atoms with Crippen molar-refractivity contribution in [1.82, 2.24) is 4.57 Å². The highest BCUT2D eigenvalue weighted by Crippen LogP contribution is 2.24. The first-order chi connectivity index (χ1) is 13.7. The standard InChI is InChI=1S/C20H19N3O5S/c1-13-12-16(7-10-18(13)23-11-3-4-19(23)20(25)26)22-29(27,28)17-8-5-15(6-9-17)21-14(2)24/h3-12,22H,1-2H3,(H,21,24)(H,25,26). The van der Waals surface area contributed by atoms with E-state index in [4.69, 9.17) is 0 Å². The highest BCUT2D eigenvalue weighted by molar-refractivity contribution is 7.92. The zero-order chi connectivity index (χ0) is 21.2. The second-order valence-corrected chi connectivity index (χ2v) is 8.06. The molecule has 9 heteroatoms. The van der Waals surface area contributed by atoms with Gasteiger partial charge in [-0.2, -0.15) is 0 Å². The third-order valence-corrected chi connectivity index (χ3v) is 5.56. The van der Waals surface area contributed by atoms with Gasteiger partial charge in [-0.1, -0.05) is 0 Å². The molecule has 0 unspecified atom stereocenters. The number of amides is 1. The number of sulfonamides is 1. The van der Waals surface area contributed by atoms with Crippen molar-refractivity contribution in [1.29, 1.82) is 0 Å². The Hall–Kier alpha value is -3.59. The maximum absolute atomic E-state index is 12.6. The summed E-state index contributed by atoms with van der Waals surface area (Å²) in [5, 5.41) is 11.8. The molecular formula is C20H19N3O5S. The molecule has 0 spiro atoms. The van der Waals surface area contributed by atoms with E-state index in [1.807, 2.05) is 0 Å². The molecule has 0 aliphatic carbocycles. The summed E-state index contributed by atoms with van der Waals surface area (Å²) < 4.78 is 29.3. The summed E-state index contributed by atoms with van der Waals surface area (Å²) in [6.45, 7) is 3.13. The van der Waals surface area contributed by atoms with Gasteiger partial charge in [0.25, 0.3) is 10.0 Å². The van der Waals surface area contributed by atoms with E-state index in [1.165, 1.54) is 41.8 Å². The molecule has 0 aliphatic heterocycles. The van der Waals surface area contributed by atoms with Crippen LogP contribution in [0.2, 0.25) is 0 Å². The van der Waals surface area contributed by atoms with E-state index in [9.17, 15) is 23.1 Å². The number of carbonyl (C=O) groups excluding carboxylic acids is 1. The van der Waals surface area contributed by atoms with E-state index < -0.39 is 16.0 Å². The van der Waals surface area contributed by atoms with Crippen molar-refractivity contribution >= 4 is 33.3 Å². The molecule has 1 amide bonds. The molecule has 3 aromatic rings. The minimum Gasteiger partial charge on any atom is -0.477 e. The van der Waals surface area contributed by atoms with E-state index >= 15 is 0 Å². The predicted molar refractivity (Wildman–Crippen MR) is 109 cm³/mol. The molecule has 1 heterocycles. The fourth-order valence-corrected chi connectivity index (χ4v) is 3.94. The van der Waals surface area contributed by atoms with Crippen molar-refractivity contribution in [2.75, 3.05) is 10.0 Å². The number of aromatic nitrogens is 1. The van der Waals surface area contributed by atoms with Crippen LogP contribution in [0.1, 0.15) is 23.0 Å². The van der Waals surface area contributed by atoms with Gasteiger partial charge < -0.3 is 15.0 Å². The summed E-state index contributed by atoms with van der Waals surface area (Å²) in [6, 6.07) is 13.8. The van der Waals surface area contributed by atoms with Crippen molar-refractivity contribution in [3.63, 3.8) is 0 Å². The quantitative estimate of drug-likeness (QED) is 0.573. The summed E-state index contributed by atoms with van der Waals surface area (Å²) in [6.07, 6.45) is 1.63. The Morgan fingerprint density at radius 2 is 1.66 bits per heavy atom. The summed E-state index contributed by atoms with van der Waals surface area (Å²) in [5.74, 6) is -1.30. The lowest BCUT2D eigenvalue weighted by atomic mass is 10.1. The van der Waals surface area contributed by atoms with Crippen molar-refractivity contribution in [2.24, 2.45) is 0 Å². The van der Waals surface area contributed by atoms with Crippen LogP contribution in [-0.4, -0.2) is 30.0 Å². The molecule has 2 aromatic carbocycles. The Morgan fingerprint density at radius 3 is 2.24 bits per heavy atom. The van der Waals surface area contributed by atoms with Gasteiger partial charge in [-0.25, -0.2) is 13.2 Å². The van der Waals surface area contributed by atoms with Crippen LogP contribution < -0.4 is 10.0 Å². The van der Waals surface area contributed by atoms with E-state index in [2.05, 4.69) is 10.0 Å².